The zero-order valence-electron chi connectivity index (χ0n) is 12.2. The maximum Gasteiger partial charge on any atom is 0.389 e. The van der Waals surface area contributed by atoms with Crippen molar-refractivity contribution in [2.45, 2.75) is 25.6 Å². The molecule has 0 atom stereocenters. The highest BCUT2D eigenvalue weighted by Gasteiger charge is 2.26. The molecule has 2 aromatic rings. The number of rotatable bonds is 5. The molecule has 0 aliphatic rings. The molecule has 22 heavy (non-hydrogen) atoms. The first-order valence-electron chi connectivity index (χ1n) is 6.68. The SMILES string of the molecule is COc1ccc2c(=O)n(CCCC(F)(F)F)ccc2c1OC. The maximum absolute atomic E-state index is 12.3. The van der Waals surface area contributed by atoms with Crippen molar-refractivity contribution in [1.29, 1.82) is 0 Å². The summed E-state index contributed by atoms with van der Waals surface area (Å²) in [4.78, 5) is 12.3. The van der Waals surface area contributed by atoms with Crippen LogP contribution in [0.2, 0.25) is 0 Å². The van der Waals surface area contributed by atoms with Gasteiger partial charge in [-0.05, 0) is 24.6 Å². The number of benzene rings is 1. The molecule has 0 bridgehead atoms. The van der Waals surface area contributed by atoms with Gasteiger partial charge >= 0.3 is 6.18 Å². The van der Waals surface area contributed by atoms with Gasteiger partial charge in [0.1, 0.15) is 0 Å². The average Bonchev–Trinajstić information content (AvgIpc) is 2.47. The van der Waals surface area contributed by atoms with Crippen LogP contribution in [-0.2, 0) is 6.54 Å². The fourth-order valence-electron chi connectivity index (χ4n) is 2.32. The molecule has 2 rings (SSSR count). The first kappa shape index (κ1) is 16.2. The summed E-state index contributed by atoms with van der Waals surface area (Å²) in [7, 11) is 2.95. The third-order valence-corrected chi connectivity index (χ3v) is 3.36. The Morgan fingerprint density at radius 3 is 2.41 bits per heavy atom. The minimum Gasteiger partial charge on any atom is -0.493 e. The highest BCUT2D eigenvalue weighted by Crippen LogP contribution is 2.33. The van der Waals surface area contributed by atoms with Crippen LogP contribution in [0.25, 0.3) is 10.8 Å². The van der Waals surface area contributed by atoms with E-state index in [1.807, 2.05) is 0 Å². The Kier molecular flexibility index (Phi) is 4.63. The summed E-state index contributed by atoms with van der Waals surface area (Å²) in [5.74, 6) is 0.920. The molecule has 0 N–H and O–H groups in total. The Bertz CT molecular complexity index is 722. The van der Waals surface area contributed by atoms with Crippen molar-refractivity contribution in [3.05, 3.63) is 34.7 Å². The third-order valence-electron chi connectivity index (χ3n) is 3.36. The number of hydrogen-bond donors (Lipinski definition) is 0. The van der Waals surface area contributed by atoms with E-state index >= 15 is 0 Å². The van der Waals surface area contributed by atoms with E-state index in [4.69, 9.17) is 9.47 Å². The van der Waals surface area contributed by atoms with Gasteiger partial charge in [0, 0.05) is 24.5 Å². The van der Waals surface area contributed by atoms with E-state index in [9.17, 15) is 18.0 Å². The van der Waals surface area contributed by atoms with Crippen LogP contribution in [0.3, 0.4) is 0 Å². The number of aromatic nitrogens is 1. The molecule has 0 unspecified atom stereocenters. The van der Waals surface area contributed by atoms with Gasteiger partial charge in [-0.15, -0.1) is 0 Å². The van der Waals surface area contributed by atoms with Gasteiger partial charge in [0.05, 0.1) is 19.6 Å². The van der Waals surface area contributed by atoms with Crippen LogP contribution < -0.4 is 15.0 Å². The van der Waals surface area contributed by atoms with E-state index < -0.39 is 12.6 Å². The zero-order valence-corrected chi connectivity index (χ0v) is 12.2. The molecule has 7 heteroatoms. The van der Waals surface area contributed by atoms with Gasteiger partial charge in [0.2, 0.25) is 0 Å². The molecule has 4 nitrogen and oxygen atoms in total. The Balaban J connectivity index is 2.37. The van der Waals surface area contributed by atoms with E-state index in [0.717, 1.165) is 0 Å². The number of alkyl halides is 3. The molecule has 120 valence electrons. The van der Waals surface area contributed by atoms with Gasteiger partial charge in [-0.25, -0.2) is 0 Å². The summed E-state index contributed by atoms with van der Waals surface area (Å²) in [5.41, 5.74) is -0.347. The van der Waals surface area contributed by atoms with Gasteiger partial charge in [-0.2, -0.15) is 13.2 Å². The molecular formula is C15H16F3NO3. The molecule has 1 aromatic heterocycles. The smallest absolute Gasteiger partial charge is 0.389 e. The molecular weight excluding hydrogens is 299 g/mol. The van der Waals surface area contributed by atoms with Gasteiger partial charge in [0.15, 0.2) is 11.5 Å². The Morgan fingerprint density at radius 1 is 1.09 bits per heavy atom. The van der Waals surface area contributed by atoms with E-state index in [2.05, 4.69) is 0 Å². The number of methoxy groups -OCH3 is 2. The molecule has 1 aromatic carbocycles. The van der Waals surface area contributed by atoms with Crippen molar-refractivity contribution in [2.75, 3.05) is 14.2 Å². The van der Waals surface area contributed by atoms with Crippen LogP contribution in [0, 0.1) is 0 Å². The van der Waals surface area contributed by atoms with Gasteiger partial charge in [-0.1, -0.05) is 0 Å². The van der Waals surface area contributed by atoms with E-state index in [1.165, 1.54) is 25.0 Å². The summed E-state index contributed by atoms with van der Waals surface area (Å²) in [6, 6.07) is 4.83. The largest absolute Gasteiger partial charge is 0.493 e. The van der Waals surface area contributed by atoms with Crippen LogP contribution in [0.4, 0.5) is 13.2 Å². The normalized spacial score (nSPS) is 11.7. The quantitative estimate of drug-likeness (QED) is 0.849. The Morgan fingerprint density at radius 2 is 1.82 bits per heavy atom. The molecule has 0 saturated carbocycles. The second-order valence-electron chi connectivity index (χ2n) is 4.80. The van der Waals surface area contributed by atoms with Crippen LogP contribution >= 0.6 is 0 Å². The van der Waals surface area contributed by atoms with Crippen molar-refractivity contribution >= 4 is 10.8 Å². The predicted octanol–water partition coefficient (Wildman–Crippen LogP) is 3.36. The van der Waals surface area contributed by atoms with Gasteiger partial charge in [-0.3, -0.25) is 4.79 Å². The van der Waals surface area contributed by atoms with Gasteiger partial charge < -0.3 is 14.0 Å². The number of aryl methyl sites for hydroxylation is 1. The number of pyridine rings is 1. The van der Waals surface area contributed by atoms with E-state index in [1.54, 1.807) is 18.2 Å². The van der Waals surface area contributed by atoms with Crippen LogP contribution in [0.1, 0.15) is 12.8 Å². The highest BCUT2D eigenvalue weighted by atomic mass is 19.4. The molecule has 0 saturated heterocycles. The van der Waals surface area contributed by atoms with Gasteiger partial charge in [0.25, 0.3) is 5.56 Å². The molecule has 0 spiro atoms. The van der Waals surface area contributed by atoms with E-state index in [-0.39, 0.29) is 18.5 Å². The molecule has 0 aliphatic carbocycles. The lowest BCUT2D eigenvalue weighted by Gasteiger charge is -2.12. The molecule has 0 amide bonds. The first-order valence-corrected chi connectivity index (χ1v) is 6.68. The highest BCUT2D eigenvalue weighted by molar-refractivity contribution is 5.90. The first-order chi connectivity index (χ1) is 10.4. The molecule has 1 heterocycles. The fourth-order valence-corrected chi connectivity index (χ4v) is 2.32. The standard InChI is InChI=1S/C15H16F3NO3/c1-21-12-5-4-11-10(13(12)22-2)6-9-19(14(11)20)8-3-7-15(16,17)18/h4-6,9H,3,7-8H2,1-2H3. The van der Waals surface area contributed by atoms with Crippen molar-refractivity contribution in [3.8, 4) is 11.5 Å². The fraction of sp³-hybridized carbons (Fsp3) is 0.400. The topological polar surface area (TPSA) is 40.5 Å². The van der Waals surface area contributed by atoms with Crippen molar-refractivity contribution < 1.29 is 22.6 Å². The summed E-state index contributed by atoms with van der Waals surface area (Å²) >= 11 is 0. The van der Waals surface area contributed by atoms with Crippen LogP contribution in [0.15, 0.2) is 29.2 Å². The minimum atomic E-state index is -4.21. The number of fused-ring (bicyclic) bond motifs is 1. The number of ether oxygens (including phenoxy) is 2. The summed E-state index contributed by atoms with van der Waals surface area (Å²) in [6.07, 6.45) is -3.79. The third kappa shape index (κ3) is 3.35. The monoisotopic (exact) mass is 315 g/mol. The maximum atomic E-state index is 12.3. The van der Waals surface area contributed by atoms with Crippen molar-refractivity contribution in [1.82, 2.24) is 4.57 Å². The second-order valence-corrected chi connectivity index (χ2v) is 4.80. The number of halogens is 3. The summed E-state index contributed by atoms with van der Waals surface area (Å²) < 4.78 is 48.2. The Labute approximate surface area is 125 Å². The Hall–Kier alpha value is -2.18. The lowest BCUT2D eigenvalue weighted by Crippen LogP contribution is -2.21. The zero-order chi connectivity index (χ0) is 16.3. The average molecular weight is 315 g/mol. The second kappa shape index (κ2) is 6.29. The minimum absolute atomic E-state index is 0.0165. The van der Waals surface area contributed by atoms with Crippen LogP contribution in [-0.4, -0.2) is 25.0 Å². The van der Waals surface area contributed by atoms with Crippen LogP contribution in [0.5, 0.6) is 11.5 Å². The van der Waals surface area contributed by atoms with Crippen molar-refractivity contribution in [2.24, 2.45) is 0 Å². The molecule has 0 fully saturated rings. The number of nitrogens with zero attached hydrogens (tertiary/aromatic N) is 1. The van der Waals surface area contributed by atoms with Crippen molar-refractivity contribution in [3.63, 3.8) is 0 Å². The number of hydrogen-bond acceptors (Lipinski definition) is 3. The lowest BCUT2D eigenvalue weighted by atomic mass is 10.1. The lowest BCUT2D eigenvalue weighted by molar-refractivity contribution is -0.135. The molecule has 0 aliphatic heterocycles. The summed E-state index contributed by atoms with van der Waals surface area (Å²) in [5, 5.41) is 0.950. The summed E-state index contributed by atoms with van der Waals surface area (Å²) in [6.45, 7) is 0.0165. The molecule has 0 radical (unpaired) electrons. The van der Waals surface area contributed by atoms with E-state index in [0.29, 0.717) is 22.3 Å². The predicted molar refractivity (Wildman–Crippen MR) is 76.6 cm³/mol.